The molecular formula is C13H15NO4S. The summed E-state index contributed by atoms with van der Waals surface area (Å²) in [5, 5.41) is 12.1. The number of carbonyl (C=O) groups is 1. The third-order valence-electron chi connectivity index (χ3n) is 4.13. The van der Waals surface area contributed by atoms with Gasteiger partial charge in [0.05, 0.1) is 21.9 Å². The molecule has 2 aliphatic rings. The number of sulfone groups is 1. The number of carboxylic acid groups (broad SMARTS) is 1. The van der Waals surface area contributed by atoms with E-state index in [-0.39, 0.29) is 21.6 Å². The van der Waals surface area contributed by atoms with Gasteiger partial charge in [-0.1, -0.05) is 6.42 Å². The van der Waals surface area contributed by atoms with E-state index >= 15 is 0 Å². The molecule has 1 aliphatic carbocycles. The molecule has 1 heterocycles. The summed E-state index contributed by atoms with van der Waals surface area (Å²) in [6, 6.07) is 4.16. The number of aromatic carboxylic acids is 1. The van der Waals surface area contributed by atoms with Gasteiger partial charge < -0.3 is 10.4 Å². The van der Waals surface area contributed by atoms with E-state index in [0.29, 0.717) is 12.2 Å². The monoisotopic (exact) mass is 281 g/mol. The number of fused-ring (bicyclic) bond motifs is 1. The van der Waals surface area contributed by atoms with Crippen LogP contribution in [0.3, 0.4) is 0 Å². The maximum Gasteiger partial charge on any atom is 0.335 e. The number of benzene rings is 1. The smallest absolute Gasteiger partial charge is 0.335 e. The number of rotatable bonds is 1. The van der Waals surface area contributed by atoms with E-state index in [9.17, 15) is 13.2 Å². The molecule has 1 saturated carbocycles. The van der Waals surface area contributed by atoms with Crippen LogP contribution in [0.1, 0.15) is 29.6 Å². The van der Waals surface area contributed by atoms with Crippen molar-refractivity contribution >= 4 is 21.5 Å². The topological polar surface area (TPSA) is 83.5 Å². The molecule has 0 unspecified atom stereocenters. The van der Waals surface area contributed by atoms with Crippen molar-refractivity contribution in [3.05, 3.63) is 23.8 Å². The van der Waals surface area contributed by atoms with Gasteiger partial charge in [-0.15, -0.1) is 0 Å². The summed E-state index contributed by atoms with van der Waals surface area (Å²) in [5.74, 6) is -0.892. The summed E-state index contributed by atoms with van der Waals surface area (Å²) in [5.41, 5.74) is 0.357. The summed E-state index contributed by atoms with van der Waals surface area (Å²) in [6.07, 6.45) is 2.89. The fraction of sp³-hybridized carbons (Fsp3) is 0.462. The van der Waals surface area contributed by atoms with Crippen molar-refractivity contribution in [2.45, 2.75) is 24.2 Å². The lowest BCUT2D eigenvalue weighted by atomic mass is 9.70. The SMILES string of the molecule is O=C(O)c1ccc2c(c1)NCC1(CCC1)CS2(=O)=O. The average Bonchev–Trinajstić information content (AvgIpc) is 2.43. The van der Waals surface area contributed by atoms with Crippen LogP contribution in [-0.4, -0.2) is 31.8 Å². The normalized spacial score (nSPS) is 22.7. The van der Waals surface area contributed by atoms with Gasteiger partial charge in [-0.3, -0.25) is 0 Å². The van der Waals surface area contributed by atoms with E-state index in [1.807, 2.05) is 0 Å². The van der Waals surface area contributed by atoms with E-state index in [2.05, 4.69) is 5.32 Å². The van der Waals surface area contributed by atoms with Crippen LogP contribution in [0.5, 0.6) is 0 Å². The molecule has 1 fully saturated rings. The Hall–Kier alpha value is -1.56. The zero-order valence-corrected chi connectivity index (χ0v) is 11.2. The molecule has 1 aromatic carbocycles. The van der Waals surface area contributed by atoms with Crippen molar-refractivity contribution in [2.24, 2.45) is 5.41 Å². The van der Waals surface area contributed by atoms with E-state index in [1.165, 1.54) is 18.2 Å². The molecule has 102 valence electrons. The fourth-order valence-electron chi connectivity index (χ4n) is 2.88. The minimum atomic E-state index is -3.34. The number of hydrogen-bond acceptors (Lipinski definition) is 4. The van der Waals surface area contributed by atoms with Crippen LogP contribution < -0.4 is 5.32 Å². The highest BCUT2D eigenvalue weighted by atomic mass is 32.2. The van der Waals surface area contributed by atoms with Crippen molar-refractivity contribution < 1.29 is 18.3 Å². The molecule has 1 spiro atoms. The molecule has 0 amide bonds. The first-order valence-electron chi connectivity index (χ1n) is 6.26. The maximum atomic E-state index is 12.4. The zero-order chi connectivity index (χ0) is 13.7. The predicted octanol–water partition coefficient (Wildman–Crippen LogP) is 1.75. The van der Waals surface area contributed by atoms with E-state index in [1.54, 1.807) is 0 Å². The summed E-state index contributed by atoms with van der Waals surface area (Å²) in [4.78, 5) is 11.2. The molecule has 0 bridgehead atoms. The summed E-state index contributed by atoms with van der Waals surface area (Å²) < 4.78 is 24.8. The van der Waals surface area contributed by atoms with E-state index < -0.39 is 15.8 Å². The van der Waals surface area contributed by atoms with Crippen molar-refractivity contribution in [3.8, 4) is 0 Å². The Morgan fingerprint density at radius 1 is 1.32 bits per heavy atom. The molecule has 3 rings (SSSR count). The number of carboxylic acids is 1. The standard InChI is InChI=1S/C13H15NO4S/c15-12(16)9-2-3-11-10(6-9)14-7-13(4-1-5-13)8-19(11,17)18/h2-3,6,14H,1,4-5,7-8H2,(H,15,16). The lowest BCUT2D eigenvalue weighted by molar-refractivity contribution is 0.0697. The molecule has 1 aliphatic heterocycles. The molecule has 2 N–H and O–H groups in total. The predicted molar refractivity (Wildman–Crippen MR) is 70.2 cm³/mol. The van der Waals surface area contributed by atoms with Crippen molar-refractivity contribution in [1.29, 1.82) is 0 Å². The molecule has 19 heavy (non-hydrogen) atoms. The van der Waals surface area contributed by atoms with Crippen molar-refractivity contribution in [2.75, 3.05) is 17.6 Å². The Kier molecular flexibility index (Phi) is 2.60. The largest absolute Gasteiger partial charge is 0.478 e. The third kappa shape index (κ3) is 2.00. The van der Waals surface area contributed by atoms with Crippen LogP contribution in [-0.2, 0) is 9.84 Å². The second kappa shape index (κ2) is 3.96. The van der Waals surface area contributed by atoms with Gasteiger partial charge >= 0.3 is 5.97 Å². The zero-order valence-electron chi connectivity index (χ0n) is 10.3. The third-order valence-corrected chi connectivity index (χ3v) is 6.14. The van der Waals surface area contributed by atoms with Crippen LogP contribution >= 0.6 is 0 Å². The van der Waals surface area contributed by atoms with E-state index in [0.717, 1.165) is 19.3 Å². The number of hydrogen-bond donors (Lipinski definition) is 2. The average molecular weight is 281 g/mol. The first kappa shape index (κ1) is 12.5. The van der Waals surface area contributed by atoms with Gasteiger partial charge in [0, 0.05) is 12.0 Å². The highest BCUT2D eigenvalue weighted by Crippen LogP contribution is 2.45. The highest BCUT2D eigenvalue weighted by Gasteiger charge is 2.43. The first-order valence-corrected chi connectivity index (χ1v) is 7.91. The molecule has 1 aromatic rings. The Labute approximate surface area is 111 Å². The second-order valence-corrected chi connectivity index (χ2v) is 7.44. The van der Waals surface area contributed by atoms with Crippen LogP contribution in [0.15, 0.2) is 23.1 Å². The molecular weight excluding hydrogens is 266 g/mol. The van der Waals surface area contributed by atoms with Gasteiger partial charge in [-0.05, 0) is 31.0 Å². The van der Waals surface area contributed by atoms with Gasteiger partial charge in [0.2, 0.25) is 0 Å². The van der Waals surface area contributed by atoms with Gasteiger partial charge in [-0.2, -0.15) is 0 Å². The minimum absolute atomic E-state index is 0.103. The maximum absolute atomic E-state index is 12.4. The van der Waals surface area contributed by atoms with Crippen LogP contribution in [0.25, 0.3) is 0 Å². The van der Waals surface area contributed by atoms with Crippen LogP contribution in [0.4, 0.5) is 5.69 Å². The molecule has 6 heteroatoms. The number of anilines is 1. The van der Waals surface area contributed by atoms with Gasteiger partial charge in [0.1, 0.15) is 0 Å². The van der Waals surface area contributed by atoms with E-state index in [4.69, 9.17) is 5.11 Å². The molecule has 0 saturated heterocycles. The van der Waals surface area contributed by atoms with Crippen molar-refractivity contribution in [3.63, 3.8) is 0 Å². The quantitative estimate of drug-likeness (QED) is 0.819. The summed E-state index contributed by atoms with van der Waals surface area (Å²) in [7, 11) is -3.34. The fourth-order valence-corrected chi connectivity index (χ4v) is 4.98. The number of nitrogens with one attached hydrogen (secondary N) is 1. The summed E-state index contributed by atoms with van der Waals surface area (Å²) >= 11 is 0. The van der Waals surface area contributed by atoms with Gasteiger partial charge in [-0.25, -0.2) is 13.2 Å². The Morgan fingerprint density at radius 3 is 2.63 bits per heavy atom. The van der Waals surface area contributed by atoms with Crippen molar-refractivity contribution in [1.82, 2.24) is 0 Å². The molecule has 0 atom stereocenters. The van der Waals surface area contributed by atoms with Crippen LogP contribution in [0, 0.1) is 5.41 Å². The molecule has 0 aromatic heterocycles. The first-order chi connectivity index (χ1) is 8.92. The second-order valence-electron chi connectivity index (χ2n) is 5.48. The minimum Gasteiger partial charge on any atom is -0.478 e. The van der Waals surface area contributed by atoms with Gasteiger partial charge in [0.25, 0.3) is 0 Å². The lowest BCUT2D eigenvalue weighted by Crippen LogP contribution is -2.40. The van der Waals surface area contributed by atoms with Gasteiger partial charge in [0.15, 0.2) is 9.84 Å². The van der Waals surface area contributed by atoms with Crippen LogP contribution in [0.2, 0.25) is 0 Å². The lowest BCUT2D eigenvalue weighted by Gasteiger charge is -2.40. The Morgan fingerprint density at radius 2 is 2.05 bits per heavy atom. The summed E-state index contributed by atoms with van der Waals surface area (Å²) in [6.45, 7) is 0.600. The molecule has 0 radical (unpaired) electrons. The Bertz CT molecular complexity index is 647. The Balaban J connectivity index is 2.08. The molecule has 5 nitrogen and oxygen atoms in total. The highest BCUT2D eigenvalue weighted by molar-refractivity contribution is 7.91.